The molecular weight excluding hydrogens is 1170 g/mol. The van der Waals surface area contributed by atoms with Gasteiger partial charge in [0.2, 0.25) is 6.33 Å². The third-order valence-electron chi connectivity index (χ3n) is 16.5. The van der Waals surface area contributed by atoms with Crippen molar-refractivity contribution in [3.05, 3.63) is 122 Å². The number of likely N-dealkylation sites (tertiary alicyclic amines) is 1. The number of likely N-dealkylation sites (N-methyl/N-ethyl adjacent to an activating group) is 3. The summed E-state index contributed by atoms with van der Waals surface area (Å²) >= 11 is 0. The topological polar surface area (TPSA) is 229 Å². The van der Waals surface area contributed by atoms with E-state index in [2.05, 4.69) is 104 Å². The van der Waals surface area contributed by atoms with Gasteiger partial charge < -0.3 is 105 Å². The summed E-state index contributed by atoms with van der Waals surface area (Å²) in [5, 5.41) is 18.1. The van der Waals surface area contributed by atoms with E-state index in [1.54, 1.807) is 13.5 Å². The fourth-order valence-electron chi connectivity index (χ4n) is 11.1. The third-order valence-corrected chi connectivity index (χ3v) is 16.5. The number of pyridine rings is 4. The van der Waals surface area contributed by atoms with Crippen LogP contribution in [0.3, 0.4) is 0 Å². The number of fused-ring (bicyclic) bond motifs is 4. The van der Waals surface area contributed by atoms with E-state index in [4.69, 9.17) is 42.2 Å². The van der Waals surface area contributed by atoms with Gasteiger partial charge in [-0.05, 0) is 48.5 Å². The Labute approximate surface area is 555 Å². The lowest BCUT2D eigenvalue weighted by atomic mass is 10.2. The lowest BCUT2D eigenvalue weighted by Crippen LogP contribution is -2.46. The summed E-state index contributed by atoms with van der Waals surface area (Å²) < 4.78 is 31.5. The summed E-state index contributed by atoms with van der Waals surface area (Å²) in [5.74, 6) is 2.43. The first kappa shape index (κ1) is 76.9. The van der Waals surface area contributed by atoms with Crippen LogP contribution in [0.4, 0.5) is 51.3 Å². The molecule has 2 saturated heterocycles. The second-order valence-corrected chi connectivity index (χ2v) is 27.0. The van der Waals surface area contributed by atoms with Crippen molar-refractivity contribution in [1.29, 1.82) is 0 Å². The van der Waals surface area contributed by atoms with Crippen LogP contribution in [0.15, 0.2) is 92.0 Å². The monoisotopic (exact) mass is 1290 g/mol. The number of quaternary nitrogens is 3. The Kier molecular flexibility index (Phi) is 26.3. The zero-order valence-corrected chi connectivity index (χ0v) is 60.3. The smallest absolute Gasteiger partial charge is 0.257 e. The van der Waals surface area contributed by atoms with Crippen LogP contribution in [-0.4, -0.2) is 252 Å². The Morgan fingerprint density at radius 3 is 1.20 bits per heavy atom. The van der Waals surface area contributed by atoms with E-state index in [9.17, 15) is 0 Å². The summed E-state index contributed by atoms with van der Waals surface area (Å²) in [4.78, 5) is 12.9. The van der Waals surface area contributed by atoms with Crippen LogP contribution in [-0.2, 0) is 13.6 Å². The predicted octanol–water partition coefficient (Wildman–Crippen LogP) is 5.97. The number of imidazole rings is 1. The molecule has 0 radical (unpaired) electrons. The number of aromatic nitrogens is 10. The lowest BCUT2D eigenvalue weighted by molar-refractivity contribution is -0.893. The highest BCUT2D eigenvalue weighted by molar-refractivity contribution is 5.92. The van der Waals surface area contributed by atoms with Crippen LogP contribution in [0.1, 0.15) is 12.8 Å². The average molecular weight is 1290 g/mol. The maximum atomic E-state index is 6.46. The molecule has 11 rings (SSSR count). The largest absolute Gasteiger partial charge is 0.474 e. The van der Waals surface area contributed by atoms with E-state index in [0.29, 0.717) is 66.6 Å². The zero-order chi connectivity index (χ0) is 64.9. The van der Waals surface area contributed by atoms with Crippen molar-refractivity contribution in [2.24, 2.45) is 7.05 Å². The van der Waals surface area contributed by atoms with Gasteiger partial charge in [0, 0.05) is 114 Å². The Morgan fingerprint density at radius 1 is 0.484 bits per heavy atom. The van der Waals surface area contributed by atoms with Gasteiger partial charge in [-0.25, -0.2) is 27.2 Å². The minimum Gasteiger partial charge on any atom is -0.474 e. The summed E-state index contributed by atoms with van der Waals surface area (Å²) in [7, 11) is 37.9. The third kappa shape index (κ3) is 18.4. The van der Waals surface area contributed by atoms with Gasteiger partial charge in [-0.15, -0.1) is 20.4 Å². The van der Waals surface area contributed by atoms with Crippen LogP contribution in [0.25, 0.3) is 22.1 Å². The predicted molar refractivity (Wildman–Crippen MR) is 388 cm³/mol. The highest BCUT2D eigenvalue weighted by Crippen LogP contribution is 2.37. The van der Waals surface area contributed by atoms with Crippen LogP contribution < -0.4 is 66.2 Å². The fraction of sp³-hybridized carbons (Fsp3) is 0.478. The van der Waals surface area contributed by atoms with Gasteiger partial charge in [0.25, 0.3) is 17.6 Å². The van der Waals surface area contributed by atoms with Gasteiger partial charge in [-0.1, -0.05) is 0 Å². The first-order chi connectivity index (χ1) is 41.9. The van der Waals surface area contributed by atoms with E-state index in [1.165, 1.54) is 12.8 Å². The van der Waals surface area contributed by atoms with E-state index >= 15 is 0 Å². The Morgan fingerprint density at radius 2 is 0.849 bits per heavy atom. The standard InChI is InChI=1S/C18H31N6O.C16H27N6.C15H21N6O.C14H24N5O.4CH3/c1-21(2)15-7-6-9-23-17(15)16(19)18(20-23)25-12-11-22-10-8-14(13-22)24(3,4)5;1-19(2)13-7-6-9-21-15(13)14(17)16(18-21)20-10-8-12(11-20)22(3,4)5;1-18(2)12-5-4-6-21-14(12)13(16)15(17-21)22-10-9-20-8-7-19(3)11-20;1-17(2)11-7-6-8-18-13(11)12(15)14(16-18)20-10-9-19(3,4)5;;;;/h6-7,9,14H,8,10-13,19H2,1-5H3;6-7,9,12H,8,10-11,17H2,1-5H3;4-8,11H,9-10,16H2,1-3H3;6-8H,9-10,15H2,1-5H3;4*1H3/q4*+1;4*-1. The molecule has 2 aliphatic heterocycles. The molecular formula is C67H115N23O3. The minimum absolute atomic E-state index is 0. The first-order valence-corrected chi connectivity index (χ1v) is 30.5. The number of nitrogen functional groups attached to an aromatic ring is 4. The van der Waals surface area contributed by atoms with E-state index in [1.807, 2.05) is 173 Å². The molecule has 2 aliphatic rings. The normalized spacial score (nSPS) is 14.8. The molecule has 2 fully saturated rings. The molecule has 93 heavy (non-hydrogen) atoms. The molecule has 0 aliphatic carbocycles. The highest BCUT2D eigenvalue weighted by atomic mass is 16.5. The first-order valence-electron chi connectivity index (χ1n) is 30.5. The number of nitrogens with zero attached hydrogens (tertiary/aromatic N) is 19. The summed E-state index contributed by atoms with van der Waals surface area (Å²) in [6.07, 6.45) is 16.0. The van der Waals surface area contributed by atoms with Gasteiger partial charge in [0.15, 0.2) is 5.82 Å². The van der Waals surface area contributed by atoms with Crippen molar-refractivity contribution >= 4 is 73.4 Å². The maximum absolute atomic E-state index is 6.46. The molecule has 2 atom stereocenters. The minimum atomic E-state index is 0. The van der Waals surface area contributed by atoms with Crippen LogP contribution in [0.5, 0.6) is 17.6 Å². The molecule has 26 nitrogen and oxygen atoms in total. The number of hydrogen-bond donors (Lipinski definition) is 4. The summed E-state index contributed by atoms with van der Waals surface area (Å²) in [6, 6.07) is 17.3. The lowest BCUT2D eigenvalue weighted by Gasteiger charge is -2.31. The molecule has 9 aromatic rings. The second-order valence-electron chi connectivity index (χ2n) is 27.0. The molecule has 2 unspecified atom stereocenters. The molecule has 0 spiro atoms. The molecule has 0 aromatic carbocycles. The van der Waals surface area contributed by atoms with Crippen LogP contribution in [0.2, 0.25) is 0 Å². The zero-order valence-electron chi connectivity index (χ0n) is 60.3. The van der Waals surface area contributed by atoms with Gasteiger partial charge in [0.05, 0.1) is 106 Å². The molecule has 11 heterocycles. The van der Waals surface area contributed by atoms with Crippen molar-refractivity contribution in [1.82, 2.24) is 47.9 Å². The highest BCUT2D eigenvalue weighted by Gasteiger charge is 2.35. The van der Waals surface area contributed by atoms with Gasteiger partial charge in [-0.2, -0.15) is 0 Å². The molecule has 0 saturated carbocycles. The molecule has 0 bridgehead atoms. The number of hydrogen-bond acceptors (Lipinski definition) is 17. The summed E-state index contributed by atoms with van der Waals surface area (Å²) in [5.41, 5.74) is 35.5. The van der Waals surface area contributed by atoms with Gasteiger partial charge in [-0.3, -0.25) is 4.90 Å². The van der Waals surface area contributed by atoms with Gasteiger partial charge >= 0.3 is 0 Å². The quantitative estimate of drug-likeness (QED) is 0.0416. The second kappa shape index (κ2) is 31.8. The van der Waals surface area contributed by atoms with Gasteiger partial charge in [0.1, 0.15) is 102 Å². The Balaban J connectivity index is 0.000000261. The molecule has 516 valence electrons. The van der Waals surface area contributed by atoms with E-state index < -0.39 is 0 Å². The number of ether oxygens (including phenoxy) is 3. The van der Waals surface area contributed by atoms with E-state index in [-0.39, 0.29) is 29.7 Å². The molecule has 9 aromatic heterocycles. The Bertz CT molecular complexity index is 3780. The van der Waals surface area contributed by atoms with Crippen molar-refractivity contribution in [2.45, 2.75) is 31.5 Å². The van der Waals surface area contributed by atoms with Crippen molar-refractivity contribution < 1.29 is 32.2 Å². The average Bonchev–Trinajstić information content (AvgIpc) is 1.65. The van der Waals surface area contributed by atoms with Crippen molar-refractivity contribution in [3.8, 4) is 17.6 Å². The van der Waals surface area contributed by atoms with Crippen molar-refractivity contribution in [2.75, 3.05) is 226 Å². The molecule has 26 heteroatoms. The van der Waals surface area contributed by atoms with E-state index in [0.717, 1.165) is 116 Å². The number of rotatable bonds is 19. The fourth-order valence-corrected chi connectivity index (χ4v) is 11.1. The van der Waals surface area contributed by atoms with Crippen LogP contribution in [0, 0.1) is 29.7 Å². The number of anilines is 9. The SMILES string of the molecule is CN(C)c1cccn2nc(N3CCC([N+](C)(C)C)C3)c(N)c12.CN(C)c1cccn2nc(OCCN3CCC([N+](C)(C)C)C3)c(N)c12.CN(C)c1cccn2nc(OCC[N+](C)(C)C)c(N)c12.CN(C)c1cccn2nc(OCCn3cc[n+](C)c3)c(N)c12.[CH3-].[CH3-].[CH3-].[CH3-]. The maximum Gasteiger partial charge on any atom is 0.257 e. The van der Waals surface area contributed by atoms with Crippen molar-refractivity contribution in [3.63, 3.8) is 0 Å². The molecule has 0 amide bonds. The van der Waals surface area contributed by atoms with Crippen LogP contribution >= 0.6 is 0 Å². The summed E-state index contributed by atoms with van der Waals surface area (Å²) in [6.45, 7) is 8.55. The molecule has 8 N–H and O–H groups in total. The number of nitrogens with two attached hydrogens (primary N) is 4. The number of aryl methyl sites for hydroxylation is 1. The Hall–Kier alpha value is -8.59.